The van der Waals surface area contributed by atoms with Gasteiger partial charge in [-0.25, -0.2) is 0 Å². The molecule has 0 radical (unpaired) electrons. The average molecular weight is 706 g/mol. The lowest BCUT2D eigenvalue weighted by molar-refractivity contribution is 1.30. The number of hydrogen-bond acceptors (Lipinski definition) is 2. The van der Waals surface area contributed by atoms with Crippen LogP contribution in [-0.2, 0) is 0 Å². The molecule has 2 heteroatoms. The van der Waals surface area contributed by atoms with E-state index in [4.69, 9.17) is 0 Å². The minimum absolute atomic E-state index is 1.12. The molecule has 0 bridgehead atoms. The largest absolute Gasteiger partial charge is 0.309 e. The Hall–Kier alpha value is -6.74. The van der Waals surface area contributed by atoms with Crippen LogP contribution in [0.2, 0.25) is 0 Å². The van der Waals surface area contributed by atoms with Crippen molar-refractivity contribution in [1.82, 2.24) is 0 Å². The van der Waals surface area contributed by atoms with Crippen LogP contribution in [0.25, 0.3) is 75.5 Å². The minimum atomic E-state index is 1.12. The van der Waals surface area contributed by atoms with E-state index in [9.17, 15) is 0 Å². The van der Waals surface area contributed by atoms with Gasteiger partial charge in [0.2, 0.25) is 0 Å². The van der Waals surface area contributed by atoms with E-state index >= 15 is 0 Å². The number of rotatable bonds is 7. The normalized spacial score (nSPS) is 11.3. The summed E-state index contributed by atoms with van der Waals surface area (Å²) in [6.07, 6.45) is 0. The van der Waals surface area contributed by atoms with E-state index in [0.29, 0.717) is 0 Å². The summed E-state index contributed by atoms with van der Waals surface area (Å²) in [6, 6.07) is 77.0. The van der Waals surface area contributed by atoms with Crippen molar-refractivity contribution in [3.8, 4) is 44.5 Å². The van der Waals surface area contributed by atoms with Gasteiger partial charge in [-0.1, -0.05) is 170 Å². The molecule has 0 spiro atoms. The van der Waals surface area contributed by atoms with Crippen molar-refractivity contribution in [2.45, 2.75) is 0 Å². The van der Waals surface area contributed by atoms with Crippen molar-refractivity contribution >= 4 is 59.3 Å². The summed E-state index contributed by atoms with van der Waals surface area (Å²) < 4.78 is 2.56. The van der Waals surface area contributed by atoms with Crippen LogP contribution in [0.4, 0.5) is 17.1 Å². The van der Waals surface area contributed by atoms with Crippen LogP contribution in [0.1, 0.15) is 0 Å². The maximum absolute atomic E-state index is 2.43. The molecule has 54 heavy (non-hydrogen) atoms. The first-order chi connectivity index (χ1) is 26.8. The highest BCUT2D eigenvalue weighted by atomic mass is 32.1. The molecule has 1 aromatic heterocycles. The molecule has 10 rings (SSSR count). The summed E-state index contributed by atoms with van der Waals surface area (Å²) in [5.74, 6) is 0. The molecule has 0 N–H and O–H groups in total. The second kappa shape index (κ2) is 13.7. The van der Waals surface area contributed by atoms with E-state index in [-0.39, 0.29) is 0 Å². The van der Waals surface area contributed by atoms with E-state index in [0.717, 1.165) is 11.4 Å². The monoisotopic (exact) mass is 705 g/mol. The highest BCUT2D eigenvalue weighted by molar-refractivity contribution is 7.27. The molecule has 0 aliphatic heterocycles. The van der Waals surface area contributed by atoms with Crippen molar-refractivity contribution in [3.05, 3.63) is 212 Å². The second-order valence-corrected chi connectivity index (χ2v) is 14.7. The number of anilines is 3. The Bertz CT molecular complexity index is 2890. The molecule has 0 aliphatic carbocycles. The molecular formula is C52H35NS. The van der Waals surface area contributed by atoms with Crippen LogP contribution in [0, 0.1) is 0 Å². The molecule has 254 valence electrons. The summed E-state index contributed by atoms with van der Waals surface area (Å²) in [4.78, 5) is 2.43. The van der Waals surface area contributed by atoms with Crippen LogP contribution < -0.4 is 4.90 Å². The summed E-state index contributed by atoms with van der Waals surface area (Å²) in [5, 5.41) is 5.06. The van der Waals surface area contributed by atoms with Crippen molar-refractivity contribution in [1.29, 1.82) is 0 Å². The molecule has 0 aliphatic rings. The number of hydrogen-bond donors (Lipinski definition) is 0. The predicted octanol–water partition coefficient (Wildman–Crippen LogP) is 15.3. The van der Waals surface area contributed by atoms with Crippen LogP contribution in [0.3, 0.4) is 0 Å². The average Bonchev–Trinajstić information content (AvgIpc) is 3.64. The summed E-state index contributed by atoms with van der Waals surface area (Å²) >= 11 is 1.89. The highest BCUT2D eigenvalue weighted by Gasteiger charge is 2.21. The molecule has 0 unspecified atom stereocenters. The Morgan fingerprint density at radius 3 is 1.48 bits per heavy atom. The molecule has 0 fully saturated rings. The number of nitrogens with zero attached hydrogens (tertiary/aromatic N) is 1. The molecule has 0 amide bonds. The third-order valence-electron chi connectivity index (χ3n) is 10.5. The van der Waals surface area contributed by atoms with E-state index in [1.54, 1.807) is 0 Å². The van der Waals surface area contributed by atoms with Gasteiger partial charge < -0.3 is 4.90 Å². The Morgan fingerprint density at radius 1 is 0.296 bits per heavy atom. The molecule has 1 nitrogen and oxygen atoms in total. The summed E-state index contributed by atoms with van der Waals surface area (Å²) in [6.45, 7) is 0. The van der Waals surface area contributed by atoms with Gasteiger partial charge in [0, 0.05) is 32.4 Å². The van der Waals surface area contributed by atoms with Gasteiger partial charge in [-0.3, -0.25) is 0 Å². The van der Waals surface area contributed by atoms with E-state index < -0.39 is 0 Å². The molecule has 0 saturated carbocycles. The third kappa shape index (κ3) is 5.74. The van der Waals surface area contributed by atoms with E-state index in [1.165, 1.54) is 81.1 Å². The topological polar surface area (TPSA) is 3.24 Å². The molecule has 1 heterocycles. The predicted molar refractivity (Wildman–Crippen MR) is 233 cm³/mol. The van der Waals surface area contributed by atoms with Gasteiger partial charge in [0.1, 0.15) is 0 Å². The summed E-state index contributed by atoms with van der Waals surface area (Å²) in [5.41, 5.74) is 13.2. The fourth-order valence-electron chi connectivity index (χ4n) is 7.82. The van der Waals surface area contributed by atoms with Crippen molar-refractivity contribution in [2.75, 3.05) is 4.90 Å². The molecular weight excluding hydrogens is 671 g/mol. The molecule has 9 aromatic carbocycles. The number of benzene rings is 9. The van der Waals surface area contributed by atoms with Gasteiger partial charge in [-0.15, -0.1) is 11.3 Å². The Balaban J connectivity index is 1.17. The van der Waals surface area contributed by atoms with Gasteiger partial charge in [-0.2, -0.15) is 0 Å². The maximum Gasteiger partial charge on any atom is 0.0640 e. The van der Waals surface area contributed by atoms with E-state index in [1.807, 2.05) is 11.3 Å². The van der Waals surface area contributed by atoms with Gasteiger partial charge in [0.05, 0.1) is 10.4 Å². The lowest BCUT2D eigenvalue weighted by atomic mass is 9.96. The third-order valence-corrected chi connectivity index (χ3v) is 11.7. The SMILES string of the molecule is c1ccc(-c2ccc(N(c3ccc(-c4cccc5ccccc45)cc3)c3cccc4c3sc3c(-c5ccccc5)cc(-c5ccccc5)cc34)cc2)cc1. The van der Waals surface area contributed by atoms with Gasteiger partial charge in [0.15, 0.2) is 0 Å². The van der Waals surface area contributed by atoms with Gasteiger partial charge >= 0.3 is 0 Å². The van der Waals surface area contributed by atoms with Crippen LogP contribution in [-0.4, -0.2) is 0 Å². The minimum Gasteiger partial charge on any atom is -0.309 e. The quantitative estimate of drug-likeness (QED) is 0.160. The van der Waals surface area contributed by atoms with Gasteiger partial charge in [-0.05, 0) is 92.2 Å². The van der Waals surface area contributed by atoms with Crippen molar-refractivity contribution in [2.24, 2.45) is 0 Å². The molecule has 10 aromatic rings. The second-order valence-electron chi connectivity index (χ2n) is 13.7. The number of fused-ring (bicyclic) bond motifs is 4. The zero-order valence-corrected chi connectivity index (χ0v) is 30.4. The van der Waals surface area contributed by atoms with E-state index in [2.05, 4.69) is 217 Å². The zero-order chi connectivity index (χ0) is 35.8. The Labute approximate surface area is 319 Å². The highest BCUT2D eigenvalue weighted by Crippen LogP contribution is 2.48. The first-order valence-electron chi connectivity index (χ1n) is 18.4. The lowest BCUT2D eigenvalue weighted by Crippen LogP contribution is -2.10. The smallest absolute Gasteiger partial charge is 0.0640 e. The number of thiophene rings is 1. The van der Waals surface area contributed by atoms with Crippen molar-refractivity contribution in [3.63, 3.8) is 0 Å². The first kappa shape index (κ1) is 32.0. The van der Waals surface area contributed by atoms with Crippen LogP contribution >= 0.6 is 11.3 Å². The zero-order valence-electron chi connectivity index (χ0n) is 29.6. The first-order valence-corrected chi connectivity index (χ1v) is 19.2. The fraction of sp³-hybridized carbons (Fsp3) is 0. The van der Waals surface area contributed by atoms with Gasteiger partial charge in [0.25, 0.3) is 0 Å². The maximum atomic E-state index is 2.43. The Morgan fingerprint density at radius 2 is 0.796 bits per heavy atom. The summed E-state index contributed by atoms with van der Waals surface area (Å²) in [7, 11) is 0. The van der Waals surface area contributed by atoms with Crippen molar-refractivity contribution < 1.29 is 0 Å². The fourth-order valence-corrected chi connectivity index (χ4v) is 9.14. The Kier molecular flexibility index (Phi) is 8.09. The van der Waals surface area contributed by atoms with Crippen LogP contribution in [0.5, 0.6) is 0 Å². The van der Waals surface area contributed by atoms with Crippen LogP contribution in [0.15, 0.2) is 212 Å². The molecule has 0 saturated heterocycles. The molecule has 0 atom stereocenters. The standard InChI is InChI=1S/C52H35NS/c1-4-14-36(15-5-1)38-26-30-43(31-27-38)53(44-32-28-41(29-33-44)46-23-12-21-39-20-10-11-22-45(39)46)50-25-13-24-47-49-35-42(37-16-6-2-7-17-37)34-48(51(49)54-52(47)50)40-18-8-3-9-19-40/h1-35H. The lowest BCUT2D eigenvalue weighted by Gasteiger charge is -2.26.